The van der Waals surface area contributed by atoms with E-state index in [1.165, 1.54) is 5.56 Å². The minimum absolute atomic E-state index is 0.173. The third-order valence-corrected chi connectivity index (χ3v) is 10.1. The van der Waals surface area contributed by atoms with Crippen molar-refractivity contribution in [3.63, 3.8) is 0 Å². The topological polar surface area (TPSA) is 118 Å². The number of para-hydroxylation sites is 1. The van der Waals surface area contributed by atoms with E-state index in [0.717, 1.165) is 78.0 Å². The van der Waals surface area contributed by atoms with Gasteiger partial charge in [-0.2, -0.15) is 5.26 Å². The number of hydrogen-bond acceptors (Lipinski definition) is 10. The van der Waals surface area contributed by atoms with Gasteiger partial charge in [-0.25, -0.2) is 19.7 Å². The lowest BCUT2D eigenvalue weighted by Crippen LogP contribution is -2.39. The van der Waals surface area contributed by atoms with Crippen LogP contribution in [0.1, 0.15) is 88.6 Å². The molecule has 5 heterocycles. The van der Waals surface area contributed by atoms with Gasteiger partial charge >= 0.3 is 5.97 Å². The Morgan fingerprint density at radius 3 is 2.52 bits per heavy atom. The first-order valence-electron chi connectivity index (χ1n) is 18.0. The maximum absolute atomic E-state index is 13.9. The Morgan fingerprint density at radius 2 is 1.81 bits per heavy atom. The number of ether oxygens (including phenoxy) is 2. The molecule has 10 heteroatoms. The first kappa shape index (κ1) is 35.1. The number of nitriles is 1. The van der Waals surface area contributed by atoms with Gasteiger partial charge in [-0.05, 0) is 88.1 Å². The molecule has 52 heavy (non-hydrogen) atoms. The van der Waals surface area contributed by atoms with Crippen LogP contribution in [0.5, 0.6) is 0 Å². The molecule has 0 unspecified atom stereocenters. The number of aryl methyl sites for hydroxylation is 1. The zero-order chi connectivity index (χ0) is 36.9. The number of fused-ring (bicyclic) bond motifs is 4. The summed E-state index contributed by atoms with van der Waals surface area (Å²) in [4.78, 5) is 32.5. The number of aromatic nitrogens is 3. The van der Waals surface area contributed by atoms with E-state index in [1.54, 1.807) is 13.3 Å². The molecule has 1 atom stereocenters. The van der Waals surface area contributed by atoms with Gasteiger partial charge in [0.25, 0.3) is 0 Å². The van der Waals surface area contributed by atoms with Crippen molar-refractivity contribution >= 4 is 39.5 Å². The van der Waals surface area contributed by atoms with Crippen molar-refractivity contribution in [2.75, 3.05) is 29.4 Å². The Bertz CT molecular complexity index is 2250. The number of esters is 1. The molecule has 2 aromatic carbocycles. The second kappa shape index (κ2) is 13.4. The van der Waals surface area contributed by atoms with E-state index in [-0.39, 0.29) is 11.2 Å². The van der Waals surface area contributed by atoms with Crippen LogP contribution in [-0.2, 0) is 27.2 Å². The summed E-state index contributed by atoms with van der Waals surface area (Å²) in [6, 6.07) is 16.7. The van der Waals surface area contributed by atoms with Crippen molar-refractivity contribution in [1.29, 1.82) is 5.26 Å². The van der Waals surface area contributed by atoms with Crippen LogP contribution in [0.4, 0.5) is 11.5 Å². The second-order valence-electron chi connectivity index (χ2n) is 15.8. The third-order valence-electron chi connectivity index (χ3n) is 10.1. The van der Waals surface area contributed by atoms with Gasteiger partial charge in [0, 0.05) is 48.4 Å². The van der Waals surface area contributed by atoms with Crippen molar-refractivity contribution in [3.05, 3.63) is 89.2 Å². The number of furan rings is 1. The molecule has 268 valence electrons. The van der Waals surface area contributed by atoms with E-state index in [2.05, 4.69) is 64.5 Å². The summed E-state index contributed by atoms with van der Waals surface area (Å²) in [6.07, 6.45) is 3.19. The molecule has 2 aliphatic heterocycles. The Labute approximate surface area is 305 Å². The van der Waals surface area contributed by atoms with E-state index >= 15 is 0 Å². The predicted molar refractivity (Wildman–Crippen MR) is 203 cm³/mol. The summed E-state index contributed by atoms with van der Waals surface area (Å²) in [6.45, 7) is 20.5. The van der Waals surface area contributed by atoms with E-state index in [0.29, 0.717) is 34.6 Å². The minimum atomic E-state index is -1.09. The summed E-state index contributed by atoms with van der Waals surface area (Å²) >= 11 is 0. The van der Waals surface area contributed by atoms with Crippen molar-refractivity contribution in [2.24, 2.45) is 5.41 Å². The average molecular weight is 699 g/mol. The molecule has 0 amide bonds. The number of carbonyl (C=O) groups excluding carboxylic acids is 1. The zero-order valence-electron chi connectivity index (χ0n) is 31.2. The van der Waals surface area contributed by atoms with Crippen LogP contribution in [0.25, 0.3) is 33.2 Å². The van der Waals surface area contributed by atoms with Crippen LogP contribution in [0.2, 0.25) is 0 Å². The molecule has 0 bridgehead atoms. The molecule has 0 N–H and O–H groups in total. The molecule has 0 saturated carbocycles. The Kier molecular flexibility index (Phi) is 9.04. The average Bonchev–Trinajstić information content (AvgIpc) is 3.48. The number of benzene rings is 2. The van der Waals surface area contributed by atoms with Gasteiger partial charge in [-0.1, -0.05) is 50.8 Å². The smallest absolute Gasteiger partial charge is 0.345 e. The number of pyridine rings is 1. The summed E-state index contributed by atoms with van der Waals surface area (Å²) < 4.78 is 18.4. The van der Waals surface area contributed by atoms with Crippen molar-refractivity contribution < 1.29 is 18.7 Å². The highest BCUT2D eigenvalue weighted by atomic mass is 16.6. The first-order chi connectivity index (χ1) is 24.7. The van der Waals surface area contributed by atoms with Crippen molar-refractivity contribution in [3.8, 4) is 17.2 Å². The number of anilines is 2. The highest BCUT2D eigenvalue weighted by Gasteiger charge is 2.38. The van der Waals surface area contributed by atoms with Gasteiger partial charge < -0.3 is 23.7 Å². The van der Waals surface area contributed by atoms with Crippen LogP contribution in [0.3, 0.4) is 0 Å². The zero-order valence-corrected chi connectivity index (χ0v) is 31.2. The fraction of sp³-hybridized carbons (Fsp3) is 0.405. The molecule has 1 fully saturated rings. The summed E-state index contributed by atoms with van der Waals surface area (Å²) in [7, 11) is 0. The maximum atomic E-state index is 13.9. The predicted octanol–water partition coefficient (Wildman–Crippen LogP) is 8.74. The van der Waals surface area contributed by atoms with Crippen LogP contribution < -0.4 is 9.80 Å². The lowest BCUT2D eigenvalue weighted by atomic mass is 9.81. The number of carbonyl (C=O) groups is 1. The van der Waals surface area contributed by atoms with E-state index < -0.39 is 17.7 Å². The third kappa shape index (κ3) is 6.73. The SMILES string of the molecule is C=C(C)OC(=O)[C@@H](OC(C)(C)C)c1c(C)nc(C#N)c(-c2ccc3c(c2)CCN(c2ncnc4c2oc2ccccc24)C3)c1N1CCC(C)(C)CC1. The van der Waals surface area contributed by atoms with Crippen molar-refractivity contribution in [2.45, 2.75) is 86.0 Å². The molecule has 5 aromatic rings. The number of nitrogens with zero attached hydrogens (tertiary/aromatic N) is 6. The lowest BCUT2D eigenvalue weighted by molar-refractivity contribution is -0.163. The minimum Gasteiger partial charge on any atom is -0.450 e. The lowest BCUT2D eigenvalue weighted by Gasteiger charge is -2.41. The first-order valence-corrected chi connectivity index (χ1v) is 18.0. The Hall–Kier alpha value is -5.27. The van der Waals surface area contributed by atoms with Crippen LogP contribution in [-0.4, -0.2) is 46.2 Å². The largest absolute Gasteiger partial charge is 0.450 e. The quantitative estimate of drug-likeness (QED) is 0.121. The standard InChI is InChI=1S/C42H46N6O4/c1-25(2)50-40(49)37(52-41(4,5)6)33-26(3)46-31(22-43)34(36(33)47-19-16-42(7,8)17-20-47)28-13-14-29-23-48(18-15-27(29)21-28)39-38-35(44-24-45-39)30-11-9-10-12-32(30)51-38/h9-14,21,24,37H,1,15-20,23H2,2-8H3/t37-/m0/s1. The highest BCUT2D eigenvalue weighted by molar-refractivity contribution is 6.05. The number of rotatable bonds is 7. The molecule has 0 aliphatic carbocycles. The van der Waals surface area contributed by atoms with Gasteiger partial charge in [-0.3, -0.25) is 0 Å². The van der Waals surface area contributed by atoms with Gasteiger partial charge in [-0.15, -0.1) is 0 Å². The molecule has 3 aromatic heterocycles. The fourth-order valence-electron chi connectivity index (χ4n) is 7.46. The van der Waals surface area contributed by atoms with Crippen LogP contribution >= 0.6 is 0 Å². The number of hydrogen-bond donors (Lipinski definition) is 0. The van der Waals surface area contributed by atoms with E-state index in [1.807, 2.05) is 52.0 Å². The van der Waals surface area contributed by atoms with Crippen LogP contribution in [0.15, 0.2) is 65.5 Å². The summed E-state index contributed by atoms with van der Waals surface area (Å²) in [5, 5.41) is 11.6. The van der Waals surface area contributed by atoms with Gasteiger partial charge in [0.05, 0.1) is 17.0 Å². The summed E-state index contributed by atoms with van der Waals surface area (Å²) in [5.41, 5.74) is 8.00. The van der Waals surface area contributed by atoms with Gasteiger partial charge in [0.15, 0.2) is 23.2 Å². The fourth-order valence-corrected chi connectivity index (χ4v) is 7.46. The number of allylic oxidation sites excluding steroid dienone is 1. The van der Waals surface area contributed by atoms with E-state index in [9.17, 15) is 10.1 Å². The molecule has 2 aliphatic rings. The monoisotopic (exact) mass is 698 g/mol. The molecule has 1 saturated heterocycles. The molecule has 0 spiro atoms. The molecular weight excluding hydrogens is 652 g/mol. The molecule has 10 nitrogen and oxygen atoms in total. The van der Waals surface area contributed by atoms with Gasteiger partial charge in [0.1, 0.15) is 23.5 Å². The van der Waals surface area contributed by atoms with Crippen LogP contribution in [0, 0.1) is 23.7 Å². The number of piperidine rings is 1. The normalized spacial score (nSPS) is 16.4. The second-order valence-corrected chi connectivity index (χ2v) is 15.8. The Balaban J connectivity index is 1.34. The summed E-state index contributed by atoms with van der Waals surface area (Å²) in [5.74, 6) is 0.493. The molecule has 0 radical (unpaired) electrons. The Morgan fingerprint density at radius 1 is 1.06 bits per heavy atom. The highest BCUT2D eigenvalue weighted by Crippen LogP contribution is 2.46. The molecular formula is C42H46N6O4. The maximum Gasteiger partial charge on any atom is 0.345 e. The molecule has 7 rings (SSSR count). The van der Waals surface area contributed by atoms with E-state index in [4.69, 9.17) is 18.9 Å². The van der Waals surface area contributed by atoms with Crippen molar-refractivity contribution in [1.82, 2.24) is 15.0 Å². The van der Waals surface area contributed by atoms with Gasteiger partial charge in [0.2, 0.25) is 0 Å².